The number of carbonyl (C=O) groups excluding carboxylic acids is 1. The molecule has 0 heterocycles. The summed E-state index contributed by atoms with van der Waals surface area (Å²) in [6.07, 6.45) is -2.09. The molecule has 2 aromatic carbocycles. The molecule has 0 bridgehead atoms. The summed E-state index contributed by atoms with van der Waals surface area (Å²) in [7, 11) is 0. The van der Waals surface area contributed by atoms with Crippen LogP contribution >= 0.6 is 0 Å². The Bertz CT molecular complexity index is 761. The molecule has 0 atom stereocenters. The molecule has 25 heavy (non-hydrogen) atoms. The third kappa shape index (κ3) is 6.19. The summed E-state index contributed by atoms with van der Waals surface area (Å²) in [5.74, 6) is -0.966. The van der Waals surface area contributed by atoms with Gasteiger partial charge >= 0.3 is 6.36 Å². The van der Waals surface area contributed by atoms with Crippen LogP contribution < -0.4 is 15.5 Å². The van der Waals surface area contributed by atoms with Gasteiger partial charge in [0.1, 0.15) is 5.75 Å². The van der Waals surface area contributed by atoms with Gasteiger partial charge in [0.25, 0.3) is 5.91 Å². The summed E-state index contributed by atoms with van der Waals surface area (Å²) >= 11 is 0. The fourth-order valence-electron chi connectivity index (χ4n) is 2.06. The zero-order chi connectivity index (χ0) is 18.3. The van der Waals surface area contributed by atoms with Crippen LogP contribution in [0.25, 0.3) is 6.08 Å². The van der Waals surface area contributed by atoms with Crippen molar-refractivity contribution < 1.29 is 27.9 Å². The number of halogens is 3. The number of ether oxygens (including phenoxy) is 1. The second kappa shape index (κ2) is 8.20. The Kier molecular flexibility index (Phi) is 6.02. The maximum absolute atomic E-state index is 12.3. The first-order chi connectivity index (χ1) is 11.9. The second-order valence-electron chi connectivity index (χ2n) is 4.95. The van der Waals surface area contributed by atoms with Crippen LogP contribution in [0.2, 0.25) is 0 Å². The predicted octanol–water partition coefficient (Wildman–Crippen LogP) is 3.72. The highest BCUT2D eigenvalue weighted by Crippen LogP contribution is 2.24. The Morgan fingerprint density at radius 3 is 2.64 bits per heavy atom. The van der Waals surface area contributed by atoms with E-state index in [1.54, 1.807) is 30.3 Å². The van der Waals surface area contributed by atoms with Gasteiger partial charge in [0.2, 0.25) is 0 Å². The van der Waals surface area contributed by atoms with E-state index >= 15 is 0 Å². The molecule has 0 aliphatic rings. The highest BCUT2D eigenvalue weighted by Gasteiger charge is 2.31. The van der Waals surface area contributed by atoms with Crippen molar-refractivity contribution in [1.29, 1.82) is 0 Å². The molecule has 0 saturated heterocycles. The van der Waals surface area contributed by atoms with Gasteiger partial charge in [0, 0.05) is 18.3 Å². The number of hydrogen-bond donors (Lipinski definition) is 3. The monoisotopic (exact) mass is 352 g/mol. The molecule has 5 nitrogen and oxygen atoms in total. The van der Waals surface area contributed by atoms with E-state index in [2.05, 4.69) is 10.1 Å². The van der Waals surface area contributed by atoms with Gasteiger partial charge in [-0.1, -0.05) is 30.3 Å². The highest BCUT2D eigenvalue weighted by atomic mass is 19.4. The lowest BCUT2D eigenvalue weighted by atomic mass is 10.1. The normalized spacial score (nSPS) is 11.4. The Balaban J connectivity index is 2.08. The average molecular weight is 352 g/mol. The number of hydrogen-bond acceptors (Lipinski definition) is 4. The van der Waals surface area contributed by atoms with Crippen molar-refractivity contribution in [1.82, 2.24) is 5.48 Å². The van der Waals surface area contributed by atoms with Crippen molar-refractivity contribution in [2.45, 2.75) is 12.9 Å². The van der Waals surface area contributed by atoms with E-state index in [1.165, 1.54) is 29.8 Å². The molecule has 0 aromatic heterocycles. The van der Waals surface area contributed by atoms with Gasteiger partial charge in [-0.15, -0.1) is 13.2 Å². The Morgan fingerprint density at radius 1 is 1.16 bits per heavy atom. The number of hydroxylamine groups is 1. The lowest BCUT2D eigenvalue weighted by Crippen LogP contribution is -2.17. The van der Waals surface area contributed by atoms with E-state index in [-0.39, 0.29) is 12.3 Å². The van der Waals surface area contributed by atoms with Gasteiger partial charge in [0.05, 0.1) is 0 Å². The molecule has 8 heteroatoms. The van der Waals surface area contributed by atoms with Crippen LogP contribution in [0.15, 0.2) is 54.6 Å². The summed E-state index contributed by atoms with van der Waals surface area (Å²) in [5, 5.41) is 11.6. The molecular weight excluding hydrogens is 337 g/mol. The minimum absolute atomic E-state index is 0.256. The average Bonchev–Trinajstić information content (AvgIpc) is 2.57. The molecule has 0 radical (unpaired) electrons. The summed E-state index contributed by atoms with van der Waals surface area (Å²) in [6, 6.07) is 12.7. The number of para-hydroxylation sites is 1. The van der Waals surface area contributed by atoms with E-state index in [0.29, 0.717) is 16.8 Å². The molecule has 132 valence electrons. The Morgan fingerprint density at radius 2 is 1.92 bits per heavy atom. The van der Waals surface area contributed by atoms with E-state index in [0.717, 1.165) is 6.08 Å². The standard InChI is InChI=1S/C17H15F3N2O3/c18-17(19,20)25-14-6-3-4-12(10-14)11-21-15-7-2-1-5-13(15)8-9-16(23)22-24/h1-10,21,24H,11H2,(H,22,23)/b9-8+. The maximum Gasteiger partial charge on any atom is 0.573 e. The van der Waals surface area contributed by atoms with Gasteiger partial charge in [0.15, 0.2) is 0 Å². The maximum atomic E-state index is 12.3. The van der Waals surface area contributed by atoms with Crippen molar-refractivity contribution in [3.05, 3.63) is 65.7 Å². The van der Waals surface area contributed by atoms with Crippen molar-refractivity contribution in [3.8, 4) is 5.75 Å². The van der Waals surface area contributed by atoms with E-state index in [4.69, 9.17) is 5.21 Å². The van der Waals surface area contributed by atoms with Crippen LogP contribution in [0, 0.1) is 0 Å². The topological polar surface area (TPSA) is 70.6 Å². The number of carbonyl (C=O) groups is 1. The molecule has 0 saturated carbocycles. The lowest BCUT2D eigenvalue weighted by Gasteiger charge is -2.12. The molecule has 1 amide bonds. The van der Waals surface area contributed by atoms with Gasteiger partial charge in [-0.2, -0.15) is 0 Å². The molecule has 0 aliphatic heterocycles. The number of nitrogens with one attached hydrogen (secondary N) is 2. The lowest BCUT2D eigenvalue weighted by molar-refractivity contribution is -0.274. The number of benzene rings is 2. The SMILES string of the molecule is O=C(/C=C/c1ccccc1NCc1cccc(OC(F)(F)F)c1)NO. The quantitative estimate of drug-likeness (QED) is 0.421. The number of alkyl halides is 3. The molecule has 0 spiro atoms. The van der Waals surface area contributed by atoms with Crippen molar-refractivity contribution >= 4 is 17.7 Å². The second-order valence-corrected chi connectivity index (χ2v) is 4.95. The number of rotatable bonds is 6. The zero-order valence-electron chi connectivity index (χ0n) is 12.9. The molecule has 0 fully saturated rings. The van der Waals surface area contributed by atoms with Gasteiger partial charge in [-0.3, -0.25) is 10.0 Å². The Labute approximate surface area is 141 Å². The smallest absolute Gasteiger partial charge is 0.406 e. The van der Waals surface area contributed by atoms with Crippen LogP contribution in [0.5, 0.6) is 5.75 Å². The van der Waals surface area contributed by atoms with E-state index in [1.807, 2.05) is 0 Å². The fraction of sp³-hybridized carbons (Fsp3) is 0.118. The third-order valence-electron chi connectivity index (χ3n) is 3.10. The first kappa shape index (κ1) is 18.3. The van der Waals surface area contributed by atoms with Crippen LogP contribution in [0.4, 0.5) is 18.9 Å². The van der Waals surface area contributed by atoms with Gasteiger partial charge in [-0.25, -0.2) is 5.48 Å². The minimum atomic E-state index is -4.74. The first-order valence-electron chi connectivity index (χ1n) is 7.17. The number of amides is 1. The van der Waals surface area contributed by atoms with Crippen LogP contribution in [0.1, 0.15) is 11.1 Å². The van der Waals surface area contributed by atoms with Crippen molar-refractivity contribution in [2.24, 2.45) is 0 Å². The first-order valence-corrected chi connectivity index (χ1v) is 7.17. The molecule has 2 rings (SSSR count). The summed E-state index contributed by atoms with van der Waals surface area (Å²) in [4.78, 5) is 11.1. The largest absolute Gasteiger partial charge is 0.573 e. The summed E-state index contributed by atoms with van der Waals surface area (Å²) in [5.41, 5.74) is 3.42. The van der Waals surface area contributed by atoms with Gasteiger partial charge in [-0.05, 0) is 35.4 Å². The van der Waals surface area contributed by atoms with Crippen LogP contribution in [-0.2, 0) is 11.3 Å². The fourth-order valence-corrected chi connectivity index (χ4v) is 2.06. The van der Waals surface area contributed by atoms with Crippen molar-refractivity contribution in [3.63, 3.8) is 0 Å². The van der Waals surface area contributed by atoms with E-state index in [9.17, 15) is 18.0 Å². The Hall–Kier alpha value is -3.00. The summed E-state index contributed by atoms with van der Waals surface area (Å²) < 4.78 is 40.7. The molecule has 3 N–H and O–H groups in total. The molecule has 0 unspecified atom stereocenters. The predicted molar refractivity (Wildman–Crippen MR) is 85.9 cm³/mol. The molecule has 2 aromatic rings. The molecule has 0 aliphatic carbocycles. The van der Waals surface area contributed by atoms with Crippen LogP contribution in [-0.4, -0.2) is 17.5 Å². The highest BCUT2D eigenvalue weighted by molar-refractivity contribution is 5.91. The van der Waals surface area contributed by atoms with Gasteiger partial charge < -0.3 is 10.1 Å². The third-order valence-corrected chi connectivity index (χ3v) is 3.10. The van der Waals surface area contributed by atoms with Crippen LogP contribution in [0.3, 0.4) is 0 Å². The molecular formula is C17H15F3N2O3. The van der Waals surface area contributed by atoms with E-state index < -0.39 is 12.3 Å². The van der Waals surface area contributed by atoms with Crippen molar-refractivity contribution in [2.75, 3.05) is 5.32 Å². The zero-order valence-corrected chi connectivity index (χ0v) is 12.9. The minimum Gasteiger partial charge on any atom is -0.406 e. The summed E-state index contributed by atoms with van der Waals surface area (Å²) in [6.45, 7) is 0.256. The number of anilines is 1.